The van der Waals surface area contributed by atoms with Gasteiger partial charge in [-0.1, -0.05) is 36.9 Å². The summed E-state index contributed by atoms with van der Waals surface area (Å²) in [5.41, 5.74) is 1.31. The predicted octanol–water partition coefficient (Wildman–Crippen LogP) is 4.15. The quantitative estimate of drug-likeness (QED) is 0.189. The van der Waals surface area contributed by atoms with Crippen molar-refractivity contribution >= 4 is 28.0 Å². The zero-order valence-corrected chi connectivity index (χ0v) is 16.6. The fourth-order valence-corrected chi connectivity index (χ4v) is 1.70. The van der Waals surface area contributed by atoms with Gasteiger partial charge < -0.3 is 10.1 Å². The van der Waals surface area contributed by atoms with E-state index in [2.05, 4.69) is 48.6 Å². The number of hydrogen-bond acceptors (Lipinski definition) is 5. The smallest absolute Gasteiger partial charge is 0.333 e. The molecule has 6 nitrogen and oxygen atoms in total. The molecule has 0 amide bonds. The zero-order chi connectivity index (χ0) is 19.5. The molecule has 0 saturated carbocycles. The van der Waals surface area contributed by atoms with Gasteiger partial charge in [0.2, 0.25) is 0 Å². The molecule has 0 spiro atoms. The maximum absolute atomic E-state index is 10.9. The summed E-state index contributed by atoms with van der Waals surface area (Å²) in [4.78, 5) is 20.6. The summed E-state index contributed by atoms with van der Waals surface area (Å²) in [7, 11) is 0. The Bertz CT molecular complexity index is 607. The molecule has 0 bridgehead atoms. The van der Waals surface area contributed by atoms with E-state index in [-0.39, 0.29) is 16.1 Å². The third-order valence-corrected chi connectivity index (χ3v) is 3.12. The van der Waals surface area contributed by atoms with E-state index in [4.69, 9.17) is 4.74 Å². The Morgan fingerprint density at radius 3 is 2.36 bits per heavy atom. The summed E-state index contributed by atoms with van der Waals surface area (Å²) in [6, 6.07) is 9.10. The molecule has 0 heterocycles. The fraction of sp³-hybridized carbons (Fsp3) is 0.389. The lowest BCUT2D eigenvalue weighted by atomic mass is 10.1. The molecule has 0 atom stereocenters. The predicted molar refractivity (Wildman–Crippen MR) is 104 cm³/mol. The average Bonchev–Trinajstić information content (AvgIpc) is 2.51. The number of halogens is 1. The molecule has 25 heavy (non-hydrogen) atoms. The van der Waals surface area contributed by atoms with Crippen LogP contribution < -0.4 is 5.32 Å². The number of nitro groups is 1. The first kappa shape index (κ1) is 23.0. The summed E-state index contributed by atoms with van der Waals surface area (Å²) in [5.74, 6) is -0.323. The SMILES string of the molecule is C=C(C)C(=O)OCCNC(C)(C)C.O=[N+]([O-])C(Br)=Cc1ccccc1. The minimum absolute atomic E-state index is 0.0336. The van der Waals surface area contributed by atoms with Crippen molar-refractivity contribution < 1.29 is 14.5 Å². The lowest BCUT2D eigenvalue weighted by Gasteiger charge is -2.20. The highest BCUT2D eigenvalue weighted by Crippen LogP contribution is 2.11. The van der Waals surface area contributed by atoms with Crippen molar-refractivity contribution in [2.45, 2.75) is 33.2 Å². The van der Waals surface area contributed by atoms with Gasteiger partial charge in [-0.2, -0.15) is 0 Å². The molecule has 1 aromatic rings. The standard InChI is InChI=1S/C10H19NO2.C8H6BrNO2/c1-8(2)9(12)13-7-6-11-10(3,4)5;9-8(10(11)12)6-7-4-2-1-3-5-7/h11H,1,6-7H2,2-5H3;1-6H. The van der Waals surface area contributed by atoms with E-state index in [1.165, 1.54) is 6.08 Å². The average molecular weight is 413 g/mol. The number of nitrogens with zero attached hydrogens (tertiary/aromatic N) is 1. The van der Waals surface area contributed by atoms with Crippen molar-refractivity contribution in [2.75, 3.05) is 13.2 Å². The Morgan fingerprint density at radius 2 is 1.92 bits per heavy atom. The number of carbonyl (C=O) groups excluding carboxylic acids is 1. The number of ether oxygens (including phenoxy) is 1. The molecular weight excluding hydrogens is 388 g/mol. The van der Waals surface area contributed by atoms with Crippen molar-refractivity contribution in [2.24, 2.45) is 0 Å². The minimum atomic E-state index is -0.479. The minimum Gasteiger partial charge on any atom is -0.461 e. The molecule has 7 heteroatoms. The number of benzene rings is 1. The van der Waals surface area contributed by atoms with Gasteiger partial charge in [-0.15, -0.1) is 0 Å². The molecular formula is C18H25BrN2O4. The topological polar surface area (TPSA) is 81.5 Å². The molecule has 0 fully saturated rings. The second-order valence-electron chi connectivity index (χ2n) is 6.23. The second-order valence-corrected chi connectivity index (χ2v) is 7.04. The Balaban J connectivity index is 0.000000462. The molecule has 1 N–H and O–H groups in total. The molecule has 0 radical (unpaired) electrons. The third-order valence-electron chi connectivity index (χ3n) is 2.60. The fourth-order valence-electron chi connectivity index (χ4n) is 1.43. The van der Waals surface area contributed by atoms with Crippen LogP contribution in [-0.4, -0.2) is 29.6 Å². The number of nitrogens with one attached hydrogen (secondary N) is 1. The van der Waals surface area contributed by atoms with Crippen LogP contribution in [0.25, 0.3) is 6.08 Å². The normalized spacial score (nSPS) is 11.2. The van der Waals surface area contributed by atoms with E-state index >= 15 is 0 Å². The largest absolute Gasteiger partial charge is 0.461 e. The van der Waals surface area contributed by atoms with E-state index in [0.29, 0.717) is 18.7 Å². The van der Waals surface area contributed by atoms with Gasteiger partial charge in [-0.3, -0.25) is 10.1 Å². The molecule has 0 aliphatic rings. The van der Waals surface area contributed by atoms with Gasteiger partial charge >= 0.3 is 10.6 Å². The molecule has 1 rings (SSSR count). The van der Waals surface area contributed by atoms with E-state index in [0.717, 1.165) is 5.56 Å². The number of carbonyl (C=O) groups is 1. The molecule has 0 aromatic heterocycles. The summed E-state index contributed by atoms with van der Waals surface area (Å²) < 4.78 is 4.86. The zero-order valence-electron chi connectivity index (χ0n) is 15.0. The lowest BCUT2D eigenvalue weighted by molar-refractivity contribution is -0.407. The first-order valence-electron chi connectivity index (χ1n) is 7.67. The van der Waals surface area contributed by atoms with Crippen molar-refractivity contribution in [1.82, 2.24) is 5.32 Å². The van der Waals surface area contributed by atoms with Crippen LogP contribution in [0, 0.1) is 10.1 Å². The van der Waals surface area contributed by atoms with Crippen LogP contribution >= 0.6 is 15.9 Å². The summed E-state index contributed by atoms with van der Waals surface area (Å²) >= 11 is 2.84. The third kappa shape index (κ3) is 13.0. The monoisotopic (exact) mass is 412 g/mol. The number of hydrogen-bond donors (Lipinski definition) is 1. The Morgan fingerprint density at radius 1 is 1.36 bits per heavy atom. The van der Waals surface area contributed by atoms with Crippen LogP contribution in [0.3, 0.4) is 0 Å². The Kier molecular flexibility index (Phi) is 10.6. The van der Waals surface area contributed by atoms with E-state index in [9.17, 15) is 14.9 Å². The van der Waals surface area contributed by atoms with E-state index in [1.54, 1.807) is 19.1 Å². The van der Waals surface area contributed by atoms with Gasteiger partial charge in [0.15, 0.2) is 0 Å². The van der Waals surface area contributed by atoms with E-state index in [1.807, 2.05) is 18.2 Å². The van der Waals surface area contributed by atoms with E-state index < -0.39 is 4.92 Å². The van der Waals surface area contributed by atoms with Gasteiger partial charge in [-0.25, -0.2) is 4.79 Å². The molecule has 138 valence electrons. The van der Waals surface area contributed by atoms with Crippen LogP contribution in [-0.2, 0) is 9.53 Å². The van der Waals surface area contributed by atoms with Crippen LogP contribution in [0.1, 0.15) is 33.3 Å². The maximum Gasteiger partial charge on any atom is 0.333 e. The van der Waals surface area contributed by atoms with Gasteiger partial charge in [0.25, 0.3) is 0 Å². The van der Waals surface area contributed by atoms with Gasteiger partial charge in [0.05, 0.1) is 4.92 Å². The molecule has 0 saturated heterocycles. The highest BCUT2D eigenvalue weighted by molar-refractivity contribution is 9.11. The maximum atomic E-state index is 10.9. The molecule has 0 aliphatic heterocycles. The van der Waals surface area contributed by atoms with Crippen LogP contribution in [0.5, 0.6) is 0 Å². The van der Waals surface area contributed by atoms with Crippen LogP contribution in [0.4, 0.5) is 0 Å². The molecule has 0 unspecified atom stereocenters. The van der Waals surface area contributed by atoms with Gasteiger partial charge in [-0.05, 0) is 33.3 Å². The van der Waals surface area contributed by atoms with Gasteiger partial charge in [0, 0.05) is 39.7 Å². The van der Waals surface area contributed by atoms with Crippen molar-refractivity contribution in [1.29, 1.82) is 0 Å². The van der Waals surface area contributed by atoms with Crippen molar-refractivity contribution in [3.05, 3.63) is 62.8 Å². The number of esters is 1. The van der Waals surface area contributed by atoms with Gasteiger partial charge in [0.1, 0.15) is 6.61 Å². The second kappa shape index (κ2) is 11.5. The molecule has 1 aromatic carbocycles. The highest BCUT2D eigenvalue weighted by Gasteiger charge is 2.08. The van der Waals surface area contributed by atoms with Crippen LogP contribution in [0.2, 0.25) is 0 Å². The highest BCUT2D eigenvalue weighted by atomic mass is 79.9. The Labute approximate surface area is 157 Å². The lowest BCUT2D eigenvalue weighted by Crippen LogP contribution is -2.38. The van der Waals surface area contributed by atoms with Crippen LogP contribution in [0.15, 0.2) is 47.1 Å². The summed E-state index contributed by atoms with van der Waals surface area (Å²) in [5, 5.41) is 13.4. The number of rotatable bonds is 6. The summed E-state index contributed by atoms with van der Waals surface area (Å²) in [6.45, 7) is 12.4. The van der Waals surface area contributed by atoms with Crippen molar-refractivity contribution in [3.63, 3.8) is 0 Å². The first-order chi connectivity index (χ1) is 11.5. The summed E-state index contributed by atoms with van der Waals surface area (Å²) in [6.07, 6.45) is 1.46. The Hall–Kier alpha value is -1.99. The first-order valence-corrected chi connectivity index (χ1v) is 8.46. The molecule has 0 aliphatic carbocycles. The van der Waals surface area contributed by atoms with Crippen molar-refractivity contribution in [3.8, 4) is 0 Å².